The van der Waals surface area contributed by atoms with E-state index in [1.54, 1.807) is 0 Å². The van der Waals surface area contributed by atoms with E-state index in [0.29, 0.717) is 5.92 Å². The van der Waals surface area contributed by atoms with Gasteiger partial charge in [0.15, 0.2) is 0 Å². The van der Waals surface area contributed by atoms with Crippen molar-refractivity contribution in [2.24, 2.45) is 0 Å². The molecule has 0 amide bonds. The van der Waals surface area contributed by atoms with Gasteiger partial charge >= 0.3 is 0 Å². The van der Waals surface area contributed by atoms with E-state index in [-0.39, 0.29) is 0 Å². The lowest BCUT2D eigenvalue weighted by atomic mass is 9.95. The van der Waals surface area contributed by atoms with Crippen LogP contribution in [0.4, 0.5) is 0 Å². The Labute approximate surface area is 157 Å². The summed E-state index contributed by atoms with van der Waals surface area (Å²) in [6.45, 7) is 10.6. The second kappa shape index (κ2) is 8.34. The zero-order valence-corrected chi connectivity index (χ0v) is 15.9. The number of morpholine rings is 1. The SMILES string of the molecule is CC1CN(Cc2ccc(CN3CCOCC3)cc2)CCc2ccccc21. The number of hydrogen-bond donors (Lipinski definition) is 0. The smallest absolute Gasteiger partial charge is 0.0594 e. The van der Waals surface area contributed by atoms with Crippen molar-refractivity contribution < 1.29 is 4.74 Å². The average molecular weight is 351 g/mol. The standard InChI is InChI=1S/C23H30N2O/c1-19-16-25(11-10-22-4-2-3-5-23(19)22)18-21-8-6-20(7-9-21)17-24-12-14-26-15-13-24/h2-9,19H,10-18H2,1H3. The Morgan fingerprint density at radius 1 is 0.846 bits per heavy atom. The van der Waals surface area contributed by atoms with Crippen LogP contribution in [0.3, 0.4) is 0 Å². The van der Waals surface area contributed by atoms with Crippen molar-refractivity contribution in [1.29, 1.82) is 0 Å². The molecule has 3 nitrogen and oxygen atoms in total. The van der Waals surface area contributed by atoms with Crippen LogP contribution in [0.2, 0.25) is 0 Å². The fourth-order valence-electron chi connectivity index (χ4n) is 4.27. The first-order valence-electron chi connectivity index (χ1n) is 9.96. The maximum absolute atomic E-state index is 5.44. The summed E-state index contributed by atoms with van der Waals surface area (Å²) >= 11 is 0. The predicted octanol–water partition coefficient (Wildman–Crippen LogP) is 3.68. The van der Waals surface area contributed by atoms with E-state index in [9.17, 15) is 0 Å². The van der Waals surface area contributed by atoms with E-state index in [1.165, 1.54) is 22.3 Å². The maximum atomic E-state index is 5.44. The Morgan fingerprint density at radius 3 is 2.23 bits per heavy atom. The van der Waals surface area contributed by atoms with Crippen LogP contribution in [0.1, 0.15) is 35.1 Å². The lowest BCUT2D eigenvalue weighted by Crippen LogP contribution is -2.35. The quantitative estimate of drug-likeness (QED) is 0.837. The van der Waals surface area contributed by atoms with E-state index in [2.05, 4.69) is 65.3 Å². The minimum Gasteiger partial charge on any atom is -0.379 e. The van der Waals surface area contributed by atoms with Gasteiger partial charge in [0.25, 0.3) is 0 Å². The highest BCUT2D eigenvalue weighted by Gasteiger charge is 2.19. The molecule has 0 aromatic heterocycles. The van der Waals surface area contributed by atoms with Crippen molar-refractivity contribution >= 4 is 0 Å². The van der Waals surface area contributed by atoms with Crippen LogP contribution in [0.5, 0.6) is 0 Å². The van der Waals surface area contributed by atoms with Crippen molar-refractivity contribution in [3.05, 3.63) is 70.8 Å². The average Bonchev–Trinajstić information content (AvgIpc) is 2.83. The van der Waals surface area contributed by atoms with E-state index in [1.807, 2.05) is 0 Å². The summed E-state index contributed by atoms with van der Waals surface area (Å²) < 4.78 is 5.44. The highest BCUT2D eigenvalue weighted by molar-refractivity contribution is 5.32. The largest absolute Gasteiger partial charge is 0.379 e. The summed E-state index contributed by atoms with van der Waals surface area (Å²) in [4.78, 5) is 5.09. The number of hydrogen-bond acceptors (Lipinski definition) is 3. The van der Waals surface area contributed by atoms with Crippen molar-refractivity contribution in [2.75, 3.05) is 39.4 Å². The van der Waals surface area contributed by atoms with Gasteiger partial charge in [0.1, 0.15) is 0 Å². The molecule has 1 saturated heterocycles. The molecular weight excluding hydrogens is 320 g/mol. The first-order chi connectivity index (χ1) is 12.8. The molecule has 2 aromatic rings. The number of rotatable bonds is 4. The molecule has 0 radical (unpaired) electrons. The molecular formula is C23H30N2O. The van der Waals surface area contributed by atoms with Crippen molar-refractivity contribution in [2.45, 2.75) is 32.4 Å². The van der Waals surface area contributed by atoms with Gasteiger partial charge in [-0.3, -0.25) is 9.80 Å². The Balaban J connectivity index is 1.35. The molecule has 2 aromatic carbocycles. The zero-order valence-electron chi connectivity index (χ0n) is 15.9. The lowest BCUT2D eigenvalue weighted by Gasteiger charge is -2.26. The molecule has 2 aliphatic rings. The Morgan fingerprint density at radius 2 is 1.50 bits per heavy atom. The van der Waals surface area contributed by atoms with Crippen molar-refractivity contribution in [3.8, 4) is 0 Å². The van der Waals surface area contributed by atoms with Gasteiger partial charge in [-0.2, -0.15) is 0 Å². The monoisotopic (exact) mass is 350 g/mol. The number of fused-ring (bicyclic) bond motifs is 1. The molecule has 1 fully saturated rings. The number of nitrogens with zero attached hydrogens (tertiary/aromatic N) is 2. The summed E-state index contributed by atoms with van der Waals surface area (Å²) in [5, 5.41) is 0. The van der Waals surface area contributed by atoms with Gasteiger partial charge in [0, 0.05) is 39.3 Å². The normalized spacial score (nSPS) is 22.0. The minimum atomic E-state index is 0.606. The zero-order chi connectivity index (χ0) is 17.8. The second-order valence-electron chi connectivity index (χ2n) is 7.79. The van der Waals surface area contributed by atoms with Crippen LogP contribution in [-0.4, -0.2) is 49.2 Å². The minimum absolute atomic E-state index is 0.606. The number of benzene rings is 2. The molecule has 0 bridgehead atoms. The van der Waals surface area contributed by atoms with Crippen LogP contribution in [0, 0.1) is 0 Å². The van der Waals surface area contributed by atoms with Crippen LogP contribution in [0.25, 0.3) is 0 Å². The lowest BCUT2D eigenvalue weighted by molar-refractivity contribution is 0.0342. The van der Waals surface area contributed by atoms with Gasteiger partial charge in [0.05, 0.1) is 13.2 Å². The molecule has 4 rings (SSSR count). The van der Waals surface area contributed by atoms with E-state index >= 15 is 0 Å². The van der Waals surface area contributed by atoms with Gasteiger partial charge in [0.2, 0.25) is 0 Å². The predicted molar refractivity (Wildman–Crippen MR) is 106 cm³/mol. The van der Waals surface area contributed by atoms with Gasteiger partial charge in [-0.15, -0.1) is 0 Å². The van der Waals surface area contributed by atoms with Crippen LogP contribution >= 0.6 is 0 Å². The molecule has 0 spiro atoms. The summed E-state index contributed by atoms with van der Waals surface area (Å²) in [6, 6.07) is 18.2. The summed E-state index contributed by atoms with van der Waals surface area (Å²) in [5.74, 6) is 0.606. The fraction of sp³-hybridized carbons (Fsp3) is 0.478. The molecule has 1 unspecified atom stereocenters. The second-order valence-corrected chi connectivity index (χ2v) is 7.79. The first kappa shape index (κ1) is 17.7. The Kier molecular flexibility index (Phi) is 5.68. The first-order valence-corrected chi connectivity index (χ1v) is 9.96. The van der Waals surface area contributed by atoms with Crippen molar-refractivity contribution in [1.82, 2.24) is 9.80 Å². The van der Waals surface area contributed by atoms with Crippen LogP contribution < -0.4 is 0 Å². The molecule has 26 heavy (non-hydrogen) atoms. The topological polar surface area (TPSA) is 15.7 Å². The maximum Gasteiger partial charge on any atom is 0.0594 e. The Bertz CT molecular complexity index is 706. The van der Waals surface area contributed by atoms with Crippen LogP contribution in [-0.2, 0) is 24.2 Å². The third-order valence-electron chi connectivity index (χ3n) is 5.75. The van der Waals surface area contributed by atoms with Gasteiger partial charge in [-0.25, -0.2) is 0 Å². The van der Waals surface area contributed by atoms with Crippen LogP contribution in [0.15, 0.2) is 48.5 Å². The summed E-state index contributed by atoms with van der Waals surface area (Å²) in [5.41, 5.74) is 5.90. The molecule has 3 heteroatoms. The third-order valence-corrected chi connectivity index (χ3v) is 5.75. The van der Waals surface area contributed by atoms with Crippen molar-refractivity contribution in [3.63, 3.8) is 0 Å². The van der Waals surface area contributed by atoms with Gasteiger partial charge in [-0.05, 0) is 34.6 Å². The molecule has 0 aliphatic carbocycles. The third kappa shape index (κ3) is 4.35. The highest BCUT2D eigenvalue weighted by atomic mass is 16.5. The Hall–Kier alpha value is -1.68. The molecule has 0 N–H and O–H groups in total. The molecule has 2 aliphatic heterocycles. The van der Waals surface area contributed by atoms with E-state index in [0.717, 1.165) is 58.9 Å². The molecule has 138 valence electrons. The fourth-order valence-corrected chi connectivity index (χ4v) is 4.27. The van der Waals surface area contributed by atoms with Gasteiger partial charge in [-0.1, -0.05) is 55.5 Å². The number of ether oxygens (including phenoxy) is 1. The molecule has 2 heterocycles. The highest BCUT2D eigenvalue weighted by Crippen LogP contribution is 2.25. The molecule has 0 saturated carbocycles. The summed E-state index contributed by atoms with van der Waals surface area (Å²) in [6.07, 6.45) is 1.16. The van der Waals surface area contributed by atoms with Gasteiger partial charge < -0.3 is 4.74 Å². The molecule has 1 atom stereocenters. The van der Waals surface area contributed by atoms with E-state index < -0.39 is 0 Å². The summed E-state index contributed by atoms with van der Waals surface area (Å²) in [7, 11) is 0. The van der Waals surface area contributed by atoms with E-state index in [4.69, 9.17) is 4.74 Å².